The highest BCUT2D eigenvalue weighted by atomic mass is 127. The third-order valence-electron chi connectivity index (χ3n) is 2.00. The molecule has 1 rings (SSSR count). The van der Waals surface area contributed by atoms with Crippen LogP contribution < -0.4 is 0 Å². The number of hydrogen-bond donors (Lipinski definition) is 0. The molecule has 0 saturated heterocycles. The van der Waals surface area contributed by atoms with E-state index in [0.29, 0.717) is 5.05 Å². The number of aryl methyl sites for hydroxylation is 1. The predicted molar refractivity (Wildman–Crippen MR) is 67.3 cm³/mol. The van der Waals surface area contributed by atoms with Gasteiger partial charge in [0.25, 0.3) is 0 Å². The smallest absolute Gasteiger partial charge is 0.191 e. The highest BCUT2D eigenvalue weighted by Gasteiger charge is 2.10. The molecule has 0 atom stereocenters. The lowest BCUT2D eigenvalue weighted by Crippen LogP contribution is -2.06. The molecule has 1 aromatic carbocycles. The van der Waals surface area contributed by atoms with E-state index in [1.54, 1.807) is 7.11 Å². The topological polar surface area (TPSA) is 9.23 Å². The molecule has 0 N–H and O–H groups in total. The van der Waals surface area contributed by atoms with Crippen LogP contribution in [0.2, 0.25) is 0 Å². The summed E-state index contributed by atoms with van der Waals surface area (Å²) in [6.45, 7) is 4.11. The quantitative estimate of drug-likeness (QED) is 0.582. The fourth-order valence-corrected chi connectivity index (χ4v) is 2.00. The molecule has 0 aliphatic rings. The maximum Gasteiger partial charge on any atom is 0.191 e. The Bertz CT molecular complexity index is 347. The van der Waals surface area contributed by atoms with Gasteiger partial charge in [-0.25, -0.2) is 0 Å². The summed E-state index contributed by atoms with van der Waals surface area (Å²) in [4.78, 5) is 0. The number of rotatable bonds is 1. The fraction of sp³-hybridized carbons (Fsp3) is 0.300. The first kappa shape index (κ1) is 10.9. The summed E-state index contributed by atoms with van der Waals surface area (Å²) in [6.07, 6.45) is 0. The minimum atomic E-state index is 0.577. The van der Waals surface area contributed by atoms with E-state index in [1.807, 2.05) is 6.92 Å². The van der Waals surface area contributed by atoms with Crippen LogP contribution in [0.4, 0.5) is 0 Å². The molecule has 0 heterocycles. The SMILES string of the molecule is COC(=S)c1c(C)ccc(I)c1C. The van der Waals surface area contributed by atoms with Crippen LogP contribution in [0.5, 0.6) is 0 Å². The fourth-order valence-electron chi connectivity index (χ4n) is 1.24. The molecular formula is C10H11IOS. The Balaban J connectivity index is 3.33. The van der Waals surface area contributed by atoms with E-state index >= 15 is 0 Å². The zero-order valence-corrected chi connectivity index (χ0v) is 10.8. The van der Waals surface area contributed by atoms with Gasteiger partial charge in [-0.1, -0.05) is 6.07 Å². The van der Waals surface area contributed by atoms with Gasteiger partial charge in [0.05, 0.1) is 7.11 Å². The summed E-state index contributed by atoms with van der Waals surface area (Å²) in [6, 6.07) is 4.16. The van der Waals surface area contributed by atoms with Crippen LogP contribution in [0.15, 0.2) is 12.1 Å². The van der Waals surface area contributed by atoms with E-state index in [9.17, 15) is 0 Å². The molecule has 13 heavy (non-hydrogen) atoms. The van der Waals surface area contributed by atoms with E-state index in [-0.39, 0.29) is 0 Å². The van der Waals surface area contributed by atoms with Gasteiger partial charge in [0.1, 0.15) is 0 Å². The maximum atomic E-state index is 5.13. The average Bonchev–Trinajstić information content (AvgIpc) is 2.12. The van der Waals surface area contributed by atoms with E-state index in [1.165, 1.54) is 14.7 Å². The Kier molecular flexibility index (Phi) is 3.67. The number of halogens is 1. The normalized spacial score (nSPS) is 9.85. The molecule has 0 bridgehead atoms. The van der Waals surface area contributed by atoms with E-state index in [2.05, 4.69) is 41.6 Å². The second-order valence-electron chi connectivity index (χ2n) is 2.86. The Hall–Kier alpha value is -0.160. The van der Waals surface area contributed by atoms with Crippen LogP contribution in [-0.4, -0.2) is 12.2 Å². The molecule has 0 aliphatic carbocycles. The van der Waals surface area contributed by atoms with E-state index in [4.69, 9.17) is 17.0 Å². The molecule has 70 valence electrons. The zero-order chi connectivity index (χ0) is 10.0. The standard InChI is InChI=1S/C10H11IOS/c1-6-4-5-8(11)7(2)9(6)10(13)12-3/h4-5H,1-3H3. The minimum absolute atomic E-state index is 0.577. The average molecular weight is 306 g/mol. The third kappa shape index (κ3) is 2.20. The summed E-state index contributed by atoms with van der Waals surface area (Å²) in [5, 5.41) is 0.577. The van der Waals surface area contributed by atoms with Crippen molar-refractivity contribution in [2.24, 2.45) is 0 Å². The first-order valence-electron chi connectivity index (χ1n) is 3.92. The minimum Gasteiger partial charge on any atom is -0.486 e. The molecule has 0 saturated carbocycles. The van der Waals surface area contributed by atoms with Crippen molar-refractivity contribution in [2.75, 3.05) is 7.11 Å². The summed E-state index contributed by atoms with van der Waals surface area (Å²) < 4.78 is 6.30. The molecular weight excluding hydrogens is 295 g/mol. The van der Waals surface area contributed by atoms with Crippen LogP contribution in [-0.2, 0) is 4.74 Å². The number of methoxy groups -OCH3 is 1. The lowest BCUT2D eigenvalue weighted by atomic mass is 10.0. The largest absolute Gasteiger partial charge is 0.486 e. The summed E-state index contributed by atoms with van der Waals surface area (Å²) >= 11 is 7.43. The van der Waals surface area contributed by atoms with Gasteiger partial charge < -0.3 is 4.74 Å². The van der Waals surface area contributed by atoms with Crippen LogP contribution >= 0.6 is 34.8 Å². The van der Waals surface area contributed by atoms with Crippen molar-refractivity contribution in [1.29, 1.82) is 0 Å². The molecule has 1 aromatic rings. The van der Waals surface area contributed by atoms with Gasteiger partial charge in [0, 0.05) is 9.13 Å². The molecule has 0 aliphatic heterocycles. The van der Waals surface area contributed by atoms with Gasteiger partial charge in [-0.05, 0) is 65.8 Å². The van der Waals surface area contributed by atoms with E-state index in [0.717, 1.165) is 5.56 Å². The van der Waals surface area contributed by atoms with Gasteiger partial charge in [-0.15, -0.1) is 0 Å². The highest BCUT2D eigenvalue weighted by Crippen LogP contribution is 2.20. The van der Waals surface area contributed by atoms with Crippen LogP contribution in [0.3, 0.4) is 0 Å². The molecule has 3 heteroatoms. The van der Waals surface area contributed by atoms with Gasteiger partial charge >= 0.3 is 0 Å². The summed E-state index contributed by atoms with van der Waals surface area (Å²) in [7, 11) is 1.61. The van der Waals surface area contributed by atoms with Crippen LogP contribution in [0.25, 0.3) is 0 Å². The number of thiocarbonyl (C=S) groups is 1. The second-order valence-corrected chi connectivity index (χ2v) is 4.39. The van der Waals surface area contributed by atoms with Crippen molar-refractivity contribution in [3.8, 4) is 0 Å². The Morgan fingerprint density at radius 1 is 1.38 bits per heavy atom. The van der Waals surface area contributed by atoms with Gasteiger partial charge in [-0.3, -0.25) is 0 Å². The molecule has 0 radical (unpaired) electrons. The Morgan fingerprint density at radius 3 is 2.54 bits per heavy atom. The van der Waals surface area contributed by atoms with Crippen molar-refractivity contribution >= 4 is 39.9 Å². The molecule has 0 spiro atoms. The van der Waals surface area contributed by atoms with Crippen LogP contribution in [0, 0.1) is 17.4 Å². The monoisotopic (exact) mass is 306 g/mol. The molecule has 0 aromatic heterocycles. The molecule has 1 nitrogen and oxygen atoms in total. The van der Waals surface area contributed by atoms with Crippen molar-refractivity contribution in [2.45, 2.75) is 13.8 Å². The van der Waals surface area contributed by atoms with Gasteiger partial charge in [-0.2, -0.15) is 0 Å². The number of hydrogen-bond acceptors (Lipinski definition) is 2. The van der Waals surface area contributed by atoms with E-state index < -0.39 is 0 Å². The predicted octanol–water partition coefficient (Wildman–Crippen LogP) is 3.23. The third-order valence-corrected chi connectivity index (χ3v) is 3.54. The van der Waals surface area contributed by atoms with Gasteiger partial charge in [0.2, 0.25) is 0 Å². The van der Waals surface area contributed by atoms with Gasteiger partial charge in [0.15, 0.2) is 5.05 Å². The first-order valence-corrected chi connectivity index (χ1v) is 5.40. The molecule has 0 fully saturated rings. The highest BCUT2D eigenvalue weighted by molar-refractivity contribution is 14.1. The Morgan fingerprint density at radius 2 is 2.00 bits per heavy atom. The molecule has 0 unspecified atom stereocenters. The Labute approximate surface area is 97.6 Å². The van der Waals surface area contributed by atoms with Crippen molar-refractivity contribution < 1.29 is 4.74 Å². The van der Waals surface area contributed by atoms with Crippen molar-refractivity contribution in [1.82, 2.24) is 0 Å². The zero-order valence-electron chi connectivity index (χ0n) is 7.85. The van der Waals surface area contributed by atoms with Crippen molar-refractivity contribution in [3.63, 3.8) is 0 Å². The van der Waals surface area contributed by atoms with Crippen LogP contribution in [0.1, 0.15) is 16.7 Å². The summed E-state index contributed by atoms with van der Waals surface area (Å²) in [5.41, 5.74) is 3.43. The molecule has 0 amide bonds. The second kappa shape index (κ2) is 4.37. The first-order chi connectivity index (χ1) is 6.07. The lowest BCUT2D eigenvalue weighted by molar-refractivity contribution is 0.415. The van der Waals surface area contributed by atoms with Crippen molar-refractivity contribution in [3.05, 3.63) is 32.4 Å². The number of benzene rings is 1. The lowest BCUT2D eigenvalue weighted by Gasteiger charge is -2.11. The maximum absolute atomic E-state index is 5.13. The number of ether oxygens (including phenoxy) is 1. The summed E-state index contributed by atoms with van der Waals surface area (Å²) in [5.74, 6) is 0.